The zero-order valence-electron chi connectivity index (χ0n) is 14.1. The molecule has 1 rings (SSSR count). The van der Waals surface area contributed by atoms with Gasteiger partial charge in [0.1, 0.15) is 15.7 Å². The number of benzene rings is 1. The van der Waals surface area contributed by atoms with Gasteiger partial charge in [-0.2, -0.15) is 0 Å². The maximum absolute atomic E-state index is 13.5. The van der Waals surface area contributed by atoms with E-state index < -0.39 is 9.84 Å². The van der Waals surface area contributed by atoms with Gasteiger partial charge in [-0.1, -0.05) is 12.1 Å². The molecule has 1 aromatic rings. The summed E-state index contributed by atoms with van der Waals surface area (Å²) in [6, 6.07) is 5.08. The monoisotopic (exact) mass is 473 g/mol. The summed E-state index contributed by atoms with van der Waals surface area (Å²) in [6.07, 6.45) is 1.17. The Morgan fingerprint density at radius 3 is 2.58 bits per heavy atom. The van der Waals surface area contributed by atoms with Crippen molar-refractivity contribution in [3.05, 3.63) is 35.1 Å². The number of nitrogens with zero attached hydrogens (tertiary/aromatic N) is 1. The maximum Gasteiger partial charge on any atom is 0.191 e. The molecule has 2 N–H and O–H groups in total. The van der Waals surface area contributed by atoms with Crippen LogP contribution in [0.2, 0.25) is 0 Å². The summed E-state index contributed by atoms with van der Waals surface area (Å²) in [6.45, 7) is 3.21. The number of hydrogen-bond donors (Lipinski definition) is 2. The SMILES string of the molecule is CN=C(NCCOCCS(C)(=O)=O)NCc1ccc(C)c(F)c1.I. The molecule has 9 heteroatoms. The summed E-state index contributed by atoms with van der Waals surface area (Å²) in [5, 5.41) is 6.10. The Balaban J connectivity index is 0.00000529. The molecule has 0 spiro atoms. The molecule has 24 heavy (non-hydrogen) atoms. The van der Waals surface area contributed by atoms with Crippen LogP contribution in [0.3, 0.4) is 0 Å². The topological polar surface area (TPSA) is 79.8 Å². The molecule has 0 aliphatic carbocycles. The number of sulfone groups is 1. The Morgan fingerprint density at radius 2 is 2.00 bits per heavy atom. The molecule has 0 aliphatic rings. The van der Waals surface area contributed by atoms with Gasteiger partial charge in [0, 0.05) is 26.4 Å². The largest absolute Gasteiger partial charge is 0.379 e. The summed E-state index contributed by atoms with van der Waals surface area (Å²) < 4.78 is 40.5. The van der Waals surface area contributed by atoms with Crippen molar-refractivity contribution in [3.63, 3.8) is 0 Å². The van der Waals surface area contributed by atoms with E-state index in [-0.39, 0.29) is 42.2 Å². The van der Waals surface area contributed by atoms with Gasteiger partial charge in [0.2, 0.25) is 0 Å². The fourth-order valence-corrected chi connectivity index (χ4v) is 2.13. The highest BCUT2D eigenvalue weighted by atomic mass is 127. The number of aryl methyl sites for hydroxylation is 1. The van der Waals surface area contributed by atoms with Gasteiger partial charge in [0.15, 0.2) is 5.96 Å². The molecule has 0 heterocycles. The third-order valence-electron chi connectivity index (χ3n) is 3.06. The molecule has 0 bridgehead atoms. The van der Waals surface area contributed by atoms with Crippen molar-refractivity contribution in [2.45, 2.75) is 13.5 Å². The first-order chi connectivity index (χ1) is 10.8. The van der Waals surface area contributed by atoms with Gasteiger partial charge < -0.3 is 15.4 Å². The lowest BCUT2D eigenvalue weighted by atomic mass is 10.1. The van der Waals surface area contributed by atoms with Crippen LogP contribution < -0.4 is 10.6 Å². The zero-order chi connectivity index (χ0) is 17.3. The average Bonchev–Trinajstić information content (AvgIpc) is 2.48. The van der Waals surface area contributed by atoms with Gasteiger partial charge in [-0.05, 0) is 24.1 Å². The van der Waals surface area contributed by atoms with E-state index in [0.29, 0.717) is 31.2 Å². The summed E-state index contributed by atoms with van der Waals surface area (Å²) in [4.78, 5) is 4.05. The van der Waals surface area contributed by atoms with E-state index in [0.717, 1.165) is 5.56 Å². The van der Waals surface area contributed by atoms with E-state index in [1.54, 1.807) is 20.0 Å². The fraction of sp³-hybridized carbons (Fsp3) is 0.533. The first kappa shape index (κ1) is 23.1. The molecule has 0 unspecified atom stereocenters. The minimum Gasteiger partial charge on any atom is -0.379 e. The van der Waals surface area contributed by atoms with Crippen molar-refractivity contribution in [2.24, 2.45) is 4.99 Å². The van der Waals surface area contributed by atoms with Gasteiger partial charge in [0.25, 0.3) is 0 Å². The minimum absolute atomic E-state index is 0. The summed E-state index contributed by atoms with van der Waals surface area (Å²) >= 11 is 0. The number of hydrogen-bond acceptors (Lipinski definition) is 4. The third-order valence-corrected chi connectivity index (χ3v) is 3.97. The molecule has 0 aromatic heterocycles. The Hall–Kier alpha value is -0.940. The van der Waals surface area contributed by atoms with Crippen molar-refractivity contribution in [2.75, 3.05) is 38.8 Å². The average molecular weight is 473 g/mol. The normalized spacial score (nSPS) is 11.8. The van der Waals surface area contributed by atoms with Crippen LogP contribution in [0.15, 0.2) is 23.2 Å². The third kappa shape index (κ3) is 10.0. The standard InChI is InChI=1S/C15H24FN3O3S.HI/c1-12-4-5-13(10-14(12)16)11-19-15(17-2)18-6-7-22-8-9-23(3,20)21;/h4-5,10H,6-9,11H2,1-3H3,(H2,17,18,19);1H. The zero-order valence-corrected chi connectivity index (χ0v) is 17.3. The van der Waals surface area contributed by atoms with Crippen molar-refractivity contribution in [1.29, 1.82) is 0 Å². The van der Waals surface area contributed by atoms with Crippen LogP contribution in [-0.2, 0) is 21.1 Å². The highest BCUT2D eigenvalue weighted by Gasteiger charge is 2.03. The van der Waals surface area contributed by atoms with Crippen LogP contribution >= 0.6 is 24.0 Å². The second-order valence-electron chi connectivity index (χ2n) is 5.18. The molecule has 0 amide bonds. The van der Waals surface area contributed by atoms with E-state index in [1.165, 1.54) is 12.3 Å². The quantitative estimate of drug-likeness (QED) is 0.259. The molecule has 0 fully saturated rings. The van der Waals surface area contributed by atoms with E-state index in [1.807, 2.05) is 6.07 Å². The Labute approximate surface area is 160 Å². The van der Waals surface area contributed by atoms with E-state index in [4.69, 9.17) is 4.74 Å². The maximum atomic E-state index is 13.5. The molecule has 0 saturated heterocycles. The summed E-state index contributed by atoms with van der Waals surface area (Å²) in [7, 11) is -1.36. The number of nitrogens with one attached hydrogen (secondary N) is 2. The predicted molar refractivity (Wildman–Crippen MR) is 105 cm³/mol. The molecule has 138 valence electrons. The van der Waals surface area contributed by atoms with Crippen molar-refractivity contribution >= 4 is 39.8 Å². The molecule has 6 nitrogen and oxygen atoms in total. The highest BCUT2D eigenvalue weighted by molar-refractivity contribution is 14.0. The van der Waals surface area contributed by atoms with Crippen LogP contribution in [0.25, 0.3) is 0 Å². The summed E-state index contributed by atoms with van der Waals surface area (Å²) in [5.41, 5.74) is 1.43. The van der Waals surface area contributed by atoms with Crippen molar-refractivity contribution < 1.29 is 17.5 Å². The Morgan fingerprint density at radius 1 is 1.29 bits per heavy atom. The molecule has 0 saturated carbocycles. The lowest BCUT2D eigenvalue weighted by Gasteiger charge is -2.12. The lowest BCUT2D eigenvalue weighted by molar-refractivity contribution is 0.154. The first-order valence-corrected chi connectivity index (χ1v) is 9.33. The summed E-state index contributed by atoms with van der Waals surface area (Å²) in [5.74, 6) is 0.350. The van der Waals surface area contributed by atoms with Crippen LogP contribution in [-0.4, -0.2) is 53.2 Å². The van der Waals surface area contributed by atoms with Crippen LogP contribution in [0.1, 0.15) is 11.1 Å². The van der Waals surface area contributed by atoms with Crippen LogP contribution in [0, 0.1) is 12.7 Å². The van der Waals surface area contributed by atoms with Gasteiger partial charge in [0.05, 0.1) is 19.0 Å². The number of rotatable bonds is 8. The molecular weight excluding hydrogens is 448 g/mol. The van der Waals surface area contributed by atoms with Gasteiger partial charge >= 0.3 is 0 Å². The highest BCUT2D eigenvalue weighted by Crippen LogP contribution is 2.08. The van der Waals surface area contributed by atoms with E-state index >= 15 is 0 Å². The lowest BCUT2D eigenvalue weighted by Crippen LogP contribution is -2.38. The second kappa shape index (κ2) is 11.6. The number of ether oxygens (including phenoxy) is 1. The van der Waals surface area contributed by atoms with E-state index in [9.17, 15) is 12.8 Å². The molecule has 0 radical (unpaired) electrons. The molecule has 1 aromatic carbocycles. The number of halogens is 2. The predicted octanol–water partition coefficient (Wildman–Crippen LogP) is 1.48. The molecule has 0 atom stereocenters. The Bertz CT molecular complexity index is 639. The van der Waals surface area contributed by atoms with Crippen LogP contribution in [0.4, 0.5) is 4.39 Å². The van der Waals surface area contributed by atoms with Crippen molar-refractivity contribution in [1.82, 2.24) is 10.6 Å². The smallest absolute Gasteiger partial charge is 0.191 e. The van der Waals surface area contributed by atoms with Gasteiger partial charge in [-0.3, -0.25) is 4.99 Å². The number of guanidine groups is 1. The van der Waals surface area contributed by atoms with Gasteiger partial charge in [-0.25, -0.2) is 12.8 Å². The Kier molecular flexibility index (Phi) is 11.1. The second-order valence-corrected chi connectivity index (χ2v) is 7.44. The molecular formula is C15H25FIN3O3S. The minimum atomic E-state index is -2.99. The molecule has 0 aliphatic heterocycles. The van der Waals surface area contributed by atoms with Crippen LogP contribution in [0.5, 0.6) is 0 Å². The van der Waals surface area contributed by atoms with Crippen molar-refractivity contribution in [3.8, 4) is 0 Å². The number of aliphatic imine (C=N–C) groups is 1. The first-order valence-electron chi connectivity index (χ1n) is 7.27. The van der Waals surface area contributed by atoms with Gasteiger partial charge in [-0.15, -0.1) is 24.0 Å². The van der Waals surface area contributed by atoms with E-state index in [2.05, 4.69) is 15.6 Å². The fourth-order valence-electron chi connectivity index (χ4n) is 1.71.